The lowest BCUT2D eigenvalue weighted by Crippen LogP contribution is -2.46. The Hall–Kier alpha value is -1.46. The van der Waals surface area contributed by atoms with E-state index in [1.165, 1.54) is 31.5 Å². The molecule has 2 aliphatic rings. The van der Waals surface area contributed by atoms with Gasteiger partial charge in [-0.05, 0) is 36.5 Å². The third-order valence-corrected chi connectivity index (χ3v) is 4.35. The van der Waals surface area contributed by atoms with Crippen LogP contribution in [0.1, 0.15) is 28.8 Å². The van der Waals surface area contributed by atoms with Crippen molar-refractivity contribution in [1.29, 1.82) is 0 Å². The molecule has 5 heteroatoms. The van der Waals surface area contributed by atoms with Crippen molar-refractivity contribution in [3.05, 3.63) is 35.1 Å². The van der Waals surface area contributed by atoms with Gasteiger partial charge in [-0.2, -0.15) is 0 Å². The monoisotopic (exact) mass is 292 g/mol. The predicted octanol–water partition coefficient (Wildman–Crippen LogP) is 2.05. The van der Waals surface area contributed by atoms with Gasteiger partial charge in [0.1, 0.15) is 5.82 Å². The minimum Gasteiger partial charge on any atom is -0.478 e. The molecule has 21 heavy (non-hydrogen) atoms. The number of piperazine rings is 1. The first-order chi connectivity index (χ1) is 10.1. The Balaban J connectivity index is 1.52. The number of aromatic carboxylic acids is 1. The highest BCUT2D eigenvalue weighted by Gasteiger charge is 2.26. The summed E-state index contributed by atoms with van der Waals surface area (Å²) in [6.07, 6.45) is 2.77. The van der Waals surface area contributed by atoms with Crippen molar-refractivity contribution in [2.75, 3.05) is 32.7 Å². The zero-order valence-electron chi connectivity index (χ0n) is 12.1. The van der Waals surface area contributed by atoms with E-state index in [0.717, 1.165) is 37.7 Å². The Morgan fingerprint density at radius 1 is 1.19 bits per heavy atom. The van der Waals surface area contributed by atoms with Gasteiger partial charge in [0.2, 0.25) is 0 Å². The van der Waals surface area contributed by atoms with E-state index in [0.29, 0.717) is 6.54 Å². The van der Waals surface area contributed by atoms with Gasteiger partial charge in [0.15, 0.2) is 0 Å². The fourth-order valence-corrected chi connectivity index (χ4v) is 2.88. The molecule has 0 unspecified atom stereocenters. The van der Waals surface area contributed by atoms with Crippen molar-refractivity contribution in [3.8, 4) is 0 Å². The number of nitrogens with zero attached hydrogens (tertiary/aromatic N) is 2. The third kappa shape index (κ3) is 3.80. The second-order valence-corrected chi connectivity index (χ2v) is 6.14. The highest BCUT2D eigenvalue weighted by molar-refractivity contribution is 5.87. The summed E-state index contributed by atoms with van der Waals surface area (Å²) >= 11 is 0. The number of benzene rings is 1. The molecule has 0 bridgehead atoms. The van der Waals surface area contributed by atoms with Crippen molar-refractivity contribution in [2.24, 2.45) is 5.92 Å². The number of rotatable bonds is 5. The van der Waals surface area contributed by atoms with Gasteiger partial charge in [0.05, 0.1) is 5.56 Å². The van der Waals surface area contributed by atoms with Crippen LogP contribution in [0.25, 0.3) is 0 Å². The first-order valence-corrected chi connectivity index (χ1v) is 7.58. The van der Waals surface area contributed by atoms with Crippen LogP contribution in [-0.4, -0.2) is 53.6 Å². The molecule has 0 radical (unpaired) electrons. The Labute approximate surface area is 124 Å². The van der Waals surface area contributed by atoms with E-state index in [-0.39, 0.29) is 5.56 Å². The molecule has 1 saturated heterocycles. The van der Waals surface area contributed by atoms with E-state index < -0.39 is 11.8 Å². The molecule has 2 fully saturated rings. The number of hydrogen-bond donors (Lipinski definition) is 1. The summed E-state index contributed by atoms with van der Waals surface area (Å²) in [4.78, 5) is 15.6. The van der Waals surface area contributed by atoms with E-state index in [1.54, 1.807) is 6.07 Å². The third-order valence-electron chi connectivity index (χ3n) is 4.35. The van der Waals surface area contributed by atoms with Crippen LogP contribution in [0.2, 0.25) is 0 Å². The zero-order chi connectivity index (χ0) is 14.8. The summed E-state index contributed by atoms with van der Waals surface area (Å²) in [5.74, 6) is -0.936. The zero-order valence-corrected chi connectivity index (χ0v) is 12.1. The van der Waals surface area contributed by atoms with E-state index >= 15 is 0 Å². The Kier molecular flexibility index (Phi) is 4.22. The topological polar surface area (TPSA) is 43.8 Å². The summed E-state index contributed by atoms with van der Waals surface area (Å²) in [6, 6.07) is 4.42. The van der Waals surface area contributed by atoms with Crippen molar-refractivity contribution in [2.45, 2.75) is 19.4 Å². The second-order valence-electron chi connectivity index (χ2n) is 6.14. The number of halogens is 1. The molecule has 0 amide bonds. The van der Waals surface area contributed by atoms with Gasteiger partial charge in [-0.25, -0.2) is 9.18 Å². The van der Waals surface area contributed by atoms with Gasteiger partial charge in [0.25, 0.3) is 0 Å². The van der Waals surface area contributed by atoms with Crippen molar-refractivity contribution >= 4 is 5.97 Å². The van der Waals surface area contributed by atoms with Gasteiger partial charge < -0.3 is 10.0 Å². The molecule has 1 aliphatic heterocycles. The number of carboxylic acids is 1. The Morgan fingerprint density at radius 2 is 1.86 bits per heavy atom. The first kappa shape index (κ1) is 14.5. The van der Waals surface area contributed by atoms with Gasteiger partial charge in [-0.3, -0.25) is 4.90 Å². The number of carbonyl (C=O) groups is 1. The molecule has 1 aromatic rings. The molecule has 1 N–H and O–H groups in total. The minimum atomic E-state index is -1.22. The maximum Gasteiger partial charge on any atom is 0.338 e. The summed E-state index contributed by atoms with van der Waals surface area (Å²) in [5.41, 5.74) is 0.584. The van der Waals surface area contributed by atoms with E-state index in [2.05, 4.69) is 9.80 Å². The molecule has 1 saturated carbocycles. The molecule has 4 nitrogen and oxygen atoms in total. The van der Waals surface area contributed by atoms with Crippen LogP contribution in [0.5, 0.6) is 0 Å². The van der Waals surface area contributed by atoms with Crippen LogP contribution < -0.4 is 0 Å². The van der Waals surface area contributed by atoms with E-state index in [9.17, 15) is 9.18 Å². The minimum absolute atomic E-state index is 0.256. The molecule has 114 valence electrons. The van der Waals surface area contributed by atoms with Gasteiger partial charge >= 0.3 is 5.97 Å². The Morgan fingerprint density at radius 3 is 2.43 bits per heavy atom. The molecule has 0 spiro atoms. The molecule has 1 heterocycles. The second kappa shape index (κ2) is 6.12. The van der Waals surface area contributed by atoms with Crippen LogP contribution in [0.4, 0.5) is 4.39 Å². The molecule has 1 aromatic carbocycles. The molecular formula is C16H21FN2O2. The lowest BCUT2D eigenvalue weighted by molar-refractivity contribution is 0.0692. The standard InChI is InChI=1S/C16H21FN2O2/c17-15-9-13(3-4-14(15)16(20)21)11-19-7-5-18(6-8-19)10-12-1-2-12/h3-4,9,12H,1-2,5-8,10-11H2,(H,20,21). The average Bonchev–Trinajstić information content (AvgIpc) is 3.25. The molecule has 0 aromatic heterocycles. The molecular weight excluding hydrogens is 271 g/mol. The fourth-order valence-electron chi connectivity index (χ4n) is 2.88. The van der Waals surface area contributed by atoms with Gasteiger partial charge in [-0.1, -0.05) is 6.07 Å². The van der Waals surface area contributed by atoms with E-state index in [1.807, 2.05) is 0 Å². The molecule has 3 rings (SSSR count). The van der Waals surface area contributed by atoms with E-state index in [4.69, 9.17) is 5.11 Å². The van der Waals surface area contributed by atoms with Crippen LogP contribution >= 0.6 is 0 Å². The maximum atomic E-state index is 13.7. The summed E-state index contributed by atoms with van der Waals surface area (Å²) < 4.78 is 13.7. The SMILES string of the molecule is O=C(O)c1ccc(CN2CCN(CC3CC3)CC2)cc1F. The highest BCUT2D eigenvalue weighted by atomic mass is 19.1. The summed E-state index contributed by atoms with van der Waals surface area (Å²) in [5, 5.41) is 8.83. The van der Waals surface area contributed by atoms with Crippen LogP contribution in [0.15, 0.2) is 18.2 Å². The summed E-state index contributed by atoms with van der Waals surface area (Å²) in [6.45, 7) is 6.06. The normalized spacial score (nSPS) is 20.6. The Bertz CT molecular complexity index is 523. The number of hydrogen-bond acceptors (Lipinski definition) is 3. The van der Waals surface area contributed by atoms with Crippen molar-refractivity contribution in [3.63, 3.8) is 0 Å². The van der Waals surface area contributed by atoms with Crippen LogP contribution in [0.3, 0.4) is 0 Å². The average molecular weight is 292 g/mol. The van der Waals surface area contributed by atoms with Gasteiger partial charge in [0, 0.05) is 39.3 Å². The highest BCUT2D eigenvalue weighted by Crippen LogP contribution is 2.30. The summed E-state index contributed by atoms with van der Waals surface area (Å²) in [7, 11) is 0. The number of carboxylic acid groups (broad SMARTS) is 1. The van der Waals surface area contributed by atoms with Crippen molar-refractivity contribution < 1.29 is 14.3 Å². The van der Waals surface area contributed by atoms with Crippen molar-refractivity contribution in [1.82, 2.24) is 9.80 Å². The van der Waals surface area contributed by atoms with Crippen LogP contribution in [-0.2, 0) is 6.54 Å². The largest absolute Gasteiger partial charge is 0.478 e. The molecule has 0 atom stereocenters. The van der Waals surface area contributed by atoms with Gasteiger partial charge in [-0.15, -0.1) is 0 Å². The maximum absolute atomic E-state index is 13.7. The lowest BCUT2D eigenvalue weighted by Gasteiger charge is -2.34. The molecule has 1 aliphatic carbocycles. The predicted molar refractivity (Wildman–Crippen MR) is 77.8 cm³/mol. The smallest absolute Gasteiger partial charge is 0.338 e. The fraction of sp³-hybridized carbons (Fsp3) is 0.562. The lowest BCUT2D eigenvalue weighted by atomic mass is 10.1. The first-order valence-electron chi connectivity index (χ1n) is 7.58. The van der Waals surface area contributed by atoms with Crippen LogP contribution in [0, 0.1) is 11.7 Å². The quantitative estimate of drug-likeness (QED) is 0.902.